The van der Waals surface area contributed by atoms with E-state index in [-0.39, 0.29) is 35.4 Å². The number of carboxylic acids is 1. The van der Waals surface area contributed by atoms with Gasteiger partial charge in [-0.2, -0.15) is 0 Å². The molecule has 0 aromatic heterocycles. The molecular formula is C17H17F3O5. The van der Waals surface area contributed by atoms with Crippen molar-refractivity contribution < 1.29 is 37.3 Å². The lowest BCUT2D eigenvalue weighted by Gasteiger charge is -2.35. The Hall–Kier alpha value is -2.25. The first-order valence-corrected chi connectivity index (χ1v) is 8.05. The van der Waals surface area contributed by atoms with Crippen molar-refractivity contribution in [3.63, 3.8) is 0 Å². The highest BCUT2D eigenvalue weighted by Crippen LogP contribution is 2.39. The van der Waals surface area contributed by atoms with Gasteiger partial charge in [-0.3, -0.25) is 9.59 Å². The largest absolute Gasteiger partial charge is 0.573 e. The van der Waals surface area contributed by atoms with Crippen LogP contribution in [0.5, 0.6) is 11.5 Å². The molecule has 8 heteroatoms. The van der Waals surface area contributed by atoms with Crippen molar-refractivity contribution in [3.8, 4) is 11.5 Å². The second-order valence-electron chi connectivity index (χ2n) is 6.44. The van der Waals surface area contributed by atoms with E-state index in [0.717, 1.165) is 12.1 Å². The number of rotatable bonds is 3. The molecule has 1 N–H and O–H groups in total. The van der Waals surface area contributed by atoms with Crippen molar-refractivity contribution >= 4 is 11.8 Å². The molecule has 2 aliphatic rings. The third-order valence-corrected chi connectivity index (χ3v) is 4.80. The van der Waals surface area contributed by atoms with E-state index >= 15 is 0 Å². The van der Waals surface area contributed by atoms with Gasteiger partial charge in [0.2, 0.25) is 0 Å². The van der Waals surface area contributed by atoms with Gasteiger partial charge in [-0.05, 0) is 43.7 Å². The molecule has 136 valence electrons. The molecule has 3 rings (SSSR count). The third kappa shape index (κ3) is 4.05. The molecule has 0 unspecified atom stereocenters. The van der Waals surface area contributed by atoms with E-state index in [1.165, 1.54) is 6.07 Å². The molecule has 5 nitrogen and oxygen atoms in total. The summed E-state index contributed by atoms with van der Waals surface area (Å²) in [6, 6.07) is 3.44. The minimum absolute atomic E-state index is 0.0138. The number of fused-ring (bicyclic) bond motifs is 1. The standard InChI is InChI=1S/C17H17F3O5/c18-17(19,20)25-11-5-6-12-13(21)8-14(24-15(12)7-11)9-1-3-10(4-2-9)16(22)23/h5-7,9-10,14H,1-4,8H2,(H,22,23)/t9?,10?,14-/m0/s1. The Balaban J connectivity index is 1.72. The van der Waals surface area contributed by atoms with Gasteiger partial charge in [0.05, 0.1) is 11.5 Å². The van der Waals surface area contributed by atoms with Crippen molar-refractivity contribution in [2.45, 2.75) is 44.6 Å². The molecule has 0 bridgehead atoms. The molecule has 1 aliphatic carbocycles. The van der Waals surface area contributed by atoms with E-state index in [4.69, 9.17) is 9.84 Å². The van der Waals surface area contributed by atoms with Gasteiger partial charge in [0, 0.05) is 12.5 Å². The molecule has 1 aliphatic heterocycles. The van der Waals surface area contributed by atoms with Crippen LogP contribution in [0.2, 0.25) is 0 Å². The Kier molecular flexibility index (Phi) is 4.62. The smallest absolute Gasteiger partial charge is 0.489 e. The van der Waals surface area contributed by atoms with Gasteiger partial charge in [-0.1, -0.05) is 0 Å². The number of aliphatic carboxylic acids is 1. The van der Waals surface area contributed by atoms with Crippen molar-refractivity contribution in [2.75, 3.05) is 0 Å². The van der Waals surface area contributed by atoms with Crippen LogP contribution in [0.3, 0.4) is 0 Å². The van der Waals surface area contributed by atoms with E-state index in [9.17, 15) is 22.8 Å². The van der Waals surface area contributed by atoms with Gasteiger partial charge < -0.3 is 14.6 Å². The monoisotopic (exact) mass is 358 g/mol. The van der Waals surface area contributed by atoms with Crippen molar-refractivity contribution in [3.05, 3.63) is 23.8 Å². The maximum Gasteiger partial charge on any atom is 0.573 e. The number of ether oxygens (including phenoxy) is 2. The summed E-state index contributed by atoms with van der Waals surface area (Å²) < 4.78 is 46.7. The van der Waals surface area contributed by atoms with Gasteiger partial charge in [-0.15, -0.1) is 13.2 Å². The van der Waals surface area contributed by atoms with Crippen LogP contribution in [-0.4, -0.2) is 29.3 Å². The number of hydrogen-bond donors (Lipinski definition) is 1. The predicted molar refractivity (Wildman–Crippen MR) is 79.6 cm³/mol. The van der Waals surface area contributed by atoms with Crippen LogP contribution in [0.1, 0.15) is 42.5 Å². The molecule has 0 amide bonds. The van der Waals surface area contributed by atoms with Gasteiger partial charge in [-0.25, -0.2) is 0 Å². The Morgan fingerprint density at radius 2 is 1.88 bits per heavy atom. The molecule has 25 heavy (non-hydrogen) atoms. The average molecular weight is 358 g/mol. The lowest BCUT2D eigenvalue weighted by Crippen LogP contribution is -2.36. The maximum absolute atomic E-state index is 12.3. The minimum atomic E-state index is -4.82. The Labute approximate surface area is 141 Å². The number of carbonyl (C=O) groups is 2. The molecule has 1 aromatic rings. The Morgan fingerprint density at radius 1 is 1.20 bits per heavy atom. The Morgan fingerprint density at radius 3 is 2.48 bits per heavy atom. The second-order valence-corrected chi connectivity index (χ2v) is 6.44. The molecule has 0 saturated heterocycles. The van der Waals surface area contributed by atoms with Crippen LogP contribution in [0.4, 0.5) is 13.2 Å². The van der Waals surface area contributed by atoms with E-state index in [2.05, 4.69) is 4.74 Å². The number of carboxylic acid groups (broad SMARTS) is 1. The van der Waals surface area contributed by atoms with Crippen molar-refractivity contribution in [1.82, 2.24) is 0 Å². The number of benzene rings is 1. The molecular weight excluding hydrogens is 341 g/mol. The number of alkyl halides is 3. The summed E-state index contributed by atoms with van der Waals surface area (Å²) >= 11 is 0. The van der Waals surface area contributed by atoms with Gasteiger partial charge >= 0.3 is 12.3 Å². The highest BCUT2D eigenvalue weighted by Gasteiger charge is 2.37. The van der Waals surface area contributed by atoms with Gasteiger partial charge in [0.1, 0.15) is 17.6 Å². The summed E-state index contributed by atoms with van der Waals surface area (Å²) in [6.45, 7) is 0. The lowest BCUT2D eigenvalue weighted by atomic mass is 9.77. The van der Waals surface area contributed by atoms with Crippen LogP contribution >= 0.6 is 0 Å². The van der Waals surface area contributed by atoms with E-state index < -0.39 is 24.2 Å². The van der Waals surface area contributed by atoms with Crippen LogP contribution in [0, 0.1) is 11.8 Å². The summed E-state index contributed by atoms with van der Waals surface area (Å²) in [5, 5.41) is 9.04. The zero-order chi connectivity index (χ0) is 18.2. The summed E-state index contributed by atoms with van der Waals surface area (Å²) in [7, 11) is 0. The van der Waals surface area contributed by atoms with Crippen LogP contribution in [0.15, 0.2) is 18.2 Å². The zero-order valence-electron chi connectivity index (χ0n) is 13.2. The predicted octanol–water partition coefficient (Wildman–Crippen LogP) is 3.81. The molecule has 1 fully saturated rings. The van der Waals surface area contributed by atoms with Crippen LogP contribution in [-0.2, 0) is 4.79 Å². The highest BCUT2D eigenvalue weighted by molar-refractivity contribution is 6.00. The van der Waals surface area contributed by atoms with Crippen molar-refractivity contribution in [2.24, 2.45) is 11.8 Å². The number of hydrogen-bond acceptors (Lipinski definition) is 4. The quantitative estimate of drug-likeness (QED) is 0.889. The fraction of sp³-hybridized carbons (Fsp3) is 0.529. The number of ketones is 1. The minimum Gasteiger partial charge on any atom is -0.489 e. The first-order chi connectivity index (χ1) is 11.7. The highest BCUT2D eigenvalue weighted by atomic mass is 19.4. The van der Waals surface area contributed by atoms with E-state index in [1.54, 1.807) is 0 Å². The molecule has 1 aromatic carbocycles. The summed E-state index contributed by atoms with van der Waals surface area (Å²) in [5.41, 5.74) is 0.241. The molecule has 1 atom stereocenters. The zero-order valence-corrected chi connectivity index (χ0v) is 13.2. The molecule has 1 heterocycles. The lowest BCUT2D eigenvalue weighted by molar-refractivity contribution is -0.274. The van der Waals surface area contributed by atoms with Crippen molar-refractivity contribution in [1.29, 1.82) is 0 Å². The maximum atomic E-state index is 12.3. The van der Waals surface area contributed by atoms with Crippen LogP contribution in [0.25, 0.3) is 0 Å². The fourth-order valence-corrected chi connectivity index (χ4v) is 3.53. The normalized spacial score (nSPS) is 26.5. The van der Waals surface area contributed by atoms with Gasteiger partial charge in [0.15, 0.2) is 5.78 Å². The Bertz CT molecular complexity index is 677. The molecule has 1 saturated carbocycles. The second kappa shape index (κ2) is 6.57. The molecule has 0 radical (unpaired) electrons. The van der Waals surface area contributed by atoms with E-state index in [0.29, 0.717) is 25.7 Å². The molecule has 0 spiro atoms. The van der Waals surface area contributed by atoms with Crippen LogP contribution < -0.4 is 9.47 Å². The first-order valence-electron chi connectivity index (χ1n) is 8.05. The summed E-state index contributed by atoms with van der Waals surface area (Å²) in [4.78, 5) is 23.3. The number of Topliss-reactive ketones (excluding diaryl/α,β-unsaturated/α-hetero) is 1. The number of carbonyl (C=O) groups excluding carboxylic acids is 1. The number of halogens is 3. The average Bonchev–Trinajstić information content (AvgIpc) is 2.53. The third-order valence-electron chi connectivity index (χ3n) is 4.80. The SMILES string of the molecule is O=C1C[C@@H](C2CCC(C(=O)O)CC2)Oc2cc(OC(F)(F)F)ccc21. The van der Waals surface area contributed by atoms with E-state index in [1.807, 2.05) is 0 Å². The topological polar surface area (TPSA) is 72.8 Å². The fourth-order valence-electron chi connectivity index (χ4n) is 3.53. The first kappa shape index (κ1) is 17.6. The summed E-state index contributed by atoms with van der Waals surface area (Å²) in [5.74, 6) is -1.73. The van der Waals surface area contributed by atoms with Gasteiger partial charge in [0.25, 0.3) is 0 Å². The summed E-state index contributed by atoms with van der Waals surface area (Å²) in [6.07, 6.45) is -2.87.